The van der Waals surface area contributed by atoms with Crippen molar-refractivity contribution in [3.63, 3.8) is 0 Å². The zero-order chi connectivity index (χ0) is 13.2. The number of anilines is 1. The predicted molar refractivity (Wildman–Crippen MR) is 72.4 cm³/mol. The van der Waals surface area contributed by atoms with Crippen LogP contribution in [0.3, 0.4) is 0 Å². The van der Waals surface area contributed by atoms with Crippen molar-refractivity contribution in [3.8, 4) is 0 Å². The van der Waals surface area contributed by atoms with Gasteiger partial charge in [0.25, 0.3) is 0 Å². The first-order valence-electron chi connectivity index (χ1n) is 6.64. The maximum absolute atomic E-state index is 11.8. The highest BCUT2D eigenvalue weighted by Crippen LogP contribution is 2.41. The lowest BCUT2D eigenvalue weighted by Gasteiger charge is -2.37. The molecule has 0 bridgehead atoms. The molecule has 1 atom stereocenters. The van der Waals surface area contributed by atoms with Crippen LogP contribution >= 0.6 is 0 Å². The molecule has 0 heterocycles. The molecule has 0 spiro atoms. The van der Waals surface area contributed by atoms with Gasteiger partial charge in [-0.2, -0.15) is 0 Å². The van der Waals surface area contributed by atoms with Gasteiger partial charge in [-0.05, 0) is 43.4 Å². The molecule has 1 aliphatic carbocycles. The van der Waals surface area contributed by atoms with E-state index in [9.17, 15) is 9.90 Å². The maximum atomic E-state index is 11.8. The average Bonchev–Trinajstić information content (AvgIpc) is 2.39. The van der Waals surface area contributed by atoms with Crippen molar-refractivity contribution < 1.29 is 9.90 Å². The predicted octanol–water partition coefficient (Wildman–Crippen LogP) is 3.19. The number of hydrogen-bond acceptors (Lipinski definition) is 2. The lowest BCUT2D eigenvalue weighted by atomic mass is 9.66. The molecule has 0 radical (unpaired) electrons. The molecule has 1 fully saturated rings. The zero-order valence-corrected chi connectivity index (χ0v) is 10.9. The lowest BCUT2D eigenvalue weighted by molar-refractivity contribution is -0.146. The second kappa shape index (κ2) is 5.01. The fourth-order valence-electron chi connectivity index (χ4n) is 3.04. The molecule has 0 aliphatic heterocycles. The quantitative estimate of drug-likeness (QED) is 0.806. The minimum Gasteiger partial charge on any atom is -0.481 e. The number of hydrogen-bond donors (Lipinski definition) is 2. The molecule has 1 aliphatic rings. The Kier molecular flexibility index (Phi) is 3.60. The van der Waals surface area contributed by atoms with E-state index in [1.54, 1.807) is 12.1 Å². The molecule has 1 aromatic carbocycles. The van der Waals surface area contributed by atoms with Crippen molar-refractivity contribution in [3.05, 3.63) is 29.8 Å². The zero-order valence-electron chi connectivity index (χ0n) is 10.9. The summed E-state index contributed by atoms with van der Waals surface area (Å²) in [6.07, 6.45) is 5.53. The SMILES string of the molecule is CC(C(=O)O)(c1ccc(N)cc1)C1CCCCC1. The Morgan fingerprint density at radius 2 is 1.78 bits per heavy atom. The van der Waals surface area contributed by atoms with Crippen molar-refractivity contribution in [2.75, 3.05) is 5.73 Å². The van der Waals surface area contributed by atoms with E-state index in [2.05, 4.69) is 0 Å². The Labute approximate surface area is 108 Å². The highest BCUT2D eigenvalue weighted by Gasteiger charge is 2.43. The molecule has 0 amide bonds. The second-order valence-electron chi connectivity index (χ2n) is 5.46. The van der Waals surface area contributed by atoms with Gasteiger partial charge in [-0.3, -0.25) is 4.79 Å². The number of carboxylic acid groups (broad SMARTS) is 1. The third-order valence-corrected chi connectivity index (χ3v) is 4.38. The van der Waals surface area contributed by atoms with Crippen molar-refractivity contribution in [1.29, 1.82) is 0 Å². The minimum atomic E-state index is -0.784. The van der Waals surface area contributed by atoms with Crippen LogP contribution in [0.2, 0.25) is 0 Å². The van der Waals surface area contributed by atoms with Crippen LogP contribution in [-0.2, 0) is 10.2 Å². The number of rotatable bonds is 3. The van der Waals surface area contributed by atoms with Gasteiger partial charge in [0.2, 0.25) is 0 Å². The van der Waals surface area contributed by atoms with Crippen LogP contribution in [0, 0.1) is 5.92 Å². The number of carboxylic acids is 1. The summed E-state index contributed by atoms with van der Waals surface area (Å²) in [4.78, 5) is 11.8. The van der Waals surface area contributed by atoms with Gasteiger partial charge < -0.3 is 10.8 Å². The van der Waals surface area contributed by atoms with E-state index in [1.165, 1.54) is 6.42 Å². The Bertz CT molecular complexity index is 421. The Hall–Kier alpha value is -1.51. The first kappa shape index (κ1) is 12.9. The fourth-order valence-corrected chi connectivity index (χ4v) is 3.04. The van der Waals surface area contributed by atoms with E-state index in [1.807, 2.05) is 19.1 Å². The van der Waals surface area contributed by atoms with Gasteiger partial charge in [0.15, 0.2) is 0 Å². The Morgan fingerprint density at radius 1 is 1.22 bits per heavy atom. The maximum Gasteiger partial charge on any atom is 0.314 e. The van der Waals surface area contributed by atoms with E-state index in [0.717, 1.165) is 31.2 Å². The van der Waals surface area contributed by atoms with Gasteiger partial charge in [0.05, 0.1) is 5.41 Å². The van der Waals surface area contributed by atoms with E-state index in [4.69, 9.17) is 5.73 Å². The van der Waals surface area contributed by atoms with Crippen molar-refractivity contribution in [1.82, 2.24) is 0 Å². The molecule has 3 nitrogen and oxygen atoms in total. The summed E-state index contributed by atoms with van der Waals surface area (Å²) in [5.41, 5.74) is 6.44. The molecule has 0 saturated heterocycles. The highest BCUT2D eigenvalue weighted by atomic mass is 16.4. The van der Waals surface area contributed by atoms with Gasteiger partial charge in [-0.15, -0.1) is 0 Å². The first-order chi connectivity index (χ1) is 8.55. The van der Waals surface area contributed by atoms with Crippen LogP contribution in [0.15, 0.2) is 24.3 Å². The summed E-state index contributed by atoms with van der Waals surface area (Å²) in [5.74, 6) is -0.494. The monoisotopic (exact) mass is 247 g/mol. The van der Waals surface area contributed by atoms with E-state index in [0.29, 0.717) is 5.69 Å². The van der Waals surface area contributed by atoms with Gasteiger partial charge in [0.1, 0.15) is 0 Å². The summed E-state index contributed by atoms with van der Waals surface area (Å²) in [5, 5.41) is 9.68. The normalized spacial score (nSPS) is 20.3. The number of nitrogens with two attached hydrogens (primary N) is 1. The van der Waals surface area contributed by atoms with E-state index >= 15 is 0 Å². The van der Waals surface area contributed by atoms with Crippen LogP contribution in [0.4, 0.5) is 5.69 Å². The molecular formula is C15H21NO2. The standard InChI is InChI=1S/C15H21NO2/c1-15(14(17)18,11-5-3-2-4-6-11)12-7-9-13(16)10-8-12/h7-11H,2-6,16H2,1H3,(H,17,18). The van der Waals surface area contributed by atoms with Gasteiger partial charge in [0, 0.05) is 5.69 Å². The molecule has 18 heavy (non-hydrogen) atoms. The molecule has 3 heteroatoms. The molecule has 98 valence electrons. The van der Waals surface area contributed by atoms with Crippen LogP contribution in [0.1, 0.15) is 44.6 Å². The summed E-state index contributed by atoms with van der Waals surface area (Å²) in [6, 6.07) is 7.30. The third-order valence-electron chi connectivity index (χ3n) is 4.38. The smallest absolute Gasteiger partial charge is 0.314 e. The number of nitrogen functional groups attached to an aromatic ring is 1. The minimum absolute atomic E-state index is 0.229. The Morgan fingerprint density at radius 3 is 2.28 bits per heavy atom. The van der Waals surface area contributed by atoms with Crippen LogP contribution in [-0.4, -0.2) is 11.1 Å². The Balaban J connectivity index is 2.36. The lowest BCUT2D eigenvalue weighted by Crippen LogP contribution is -2.41. The topological polar surface area (TPSA) is 63.3 Å². The molecule has 3 N–H and O–H groups in total. The van der Waals surface area contributed by atoms with Crippen LogP contribution in [0.5, 0.6) is 0 Å². The average molecular weight is 247 g/mol. The van der Waals surface area contributed by atoms with Gasteiger partial charge in [-0.1, -0.05) is 31.4 Å². The molecule has 1 saturated carbocycles. The molecule has 2 rings (SSSR count). The molecule has 1 unspecified atom stereocenters. The van der Waals surface area contributed by atoms with E-state index in [-0.39, 0.29) is 5.92 Å². The second-order valence-corrected chi connectivity index (χ2v) is 5.46. The van der Waals surface area contributed by atoms with Crippen molar-refractivity contribution >= 4 is 11.7 Å². The first-order valence-corrected chi connectivity index (χ1v) is 6.64. The van der Waals surface area contributed by atoms with Gasteiger partial charge >= 0.3 is 5.97 Å². The van der Waals surface area contributed by atoms with Crippen molar-refractivity contribution in [2.45, 2.75) is 44.4 Å². The molecule has 0 aromatic heterocycles. The number of aliphatic carboxylic acids is 1. The largest absolute Gasteiger partial charge is 0.481 e. The third kappa shape index (κ3) is 2.22. The van der Waals surface area contributed by atoms with Crippen molar-refractivity contribution in [2.24, 2.45) is 5.92 Å². The summed E-state index contributed by atoms with van der Waals surface area (Å²) in [7, 11) is 0. The van der Waals surface area contributed by atoms with E-state index < -0.39 is 11.4 Å². The van der Waals surface area contributed by atoms with Crippen LogP contribution in [0.25, 0.3) is 0 Å². The van der Waals surface area contributed by atoms with Gasteiger partial charge in [-0.25, -0.2) is 0 Å². The fraction of sp³-hybridized carbons (Fsp3) is 0.533. The molecular weight excluding hydrogens is 226 g/mol. The highest BCUT2D eigenvalue weighted by molar-refractivity contribution is 5.81. The number of benzene rings is 1. The summed E-state index contributed by atoms with van der Waals surface area (Å²) >= 11 is 0. The number of carbonyl (C=O) groups is 1. The summed E-state index contributed by atoms with van der Waals surface area (Å²) in [6.45, 7) is 1.86. The molecule has 1 aromatic rings. The van der Waals surface area contributed by atoms with Crippen LogP contribution < -0.4 is 5.73 Å². The summed E-state index contributed by atoms with van der Waals surface area (Å²) < 4.78 is 0.